The Morgan fingerprint density at radius 1 is 1.26 bits per heavy atom. The number of alkyl halides is 3. The van der Waals surface area contributed by atoms with Crippen LogP contribution in [0.5, 0.6) is 5.75 Å². The predicted octanol–water partition coefficient (Wildman–Crippen LogP) is 3.99. The van der Waals surface area contributed by atoms with E-state index < -0.39 is 12.1 Å². The van der Waals surface area contributed by atoms with Crippen LogP contribution in [0.15, 0.2) is 28.8 Å². The van der Waals surface area contributed by atoms with Gasteiger partial charge in [0, 0.05) is 11.3 Å². The molecular weight excluding hydrogens is 337 g/mol. The highest BCUT2D eigenvalue weighted by Crippen LogP contribution is 2.33. The summed E-state index contributed by atoms with van der Waals surface area (Å²) in [5.41, 5.74) is 1.66. The summed E-state index contributed by atoms with van der Waals surface area (Å²) in [5, 5.41) is 10.2. The van der Waals surface area contributed by atoms with Crippen molar-refractivity contribution < 1.29 is 22.4 Å². The summed E-state index contributed by atoms with van der Waals surface area (Å²) in [7, 11) is 0. The zero-order valence-electron chi connectivity index (χ0n) is 11.5. The molecule has 0 saturated heterocycles. The molecule has 0 spiro atoms. The zero-order chi connectivity index (χ0) is 16.6. The molecule has 0 aliphatic rings. The Morgan fingerprint density at radius 2 is 2.04 bits per heavy atom. The van der Waals surface area contributed by atoms with Gasteiger partial charge in [0.1, 0.15) is 5.75 Å². The Kier molecular flexibility index (Phi) is 3.72. The van der Waals surface area contributed by atoms with Gasteiger partial charge in [-0.2, -0.15) is 10.1 Å². The lowest BCUT2D eigenvalue weighted by Crippen LogP contribution is -2.17. The van der Waals surface area contributed by atoms with E-state index in [-0.39, 0.29) is 16.7 Å². The summed E-state index contributed by atoms with van der Waals surface area (Å²) in [5.74, 6) is -0.160. The van der Waals surface area contributed by atoms with E-state index in [2.05, 4.69) is 25.1 Å². The van der Waals surface area contributed by atoms with Crippen molar-refractivity contribution in [3.8, 4) is 28.7 Å². The maximum Gasteiger partial charge on any atom is 0.573 e. The minimum absolute atomic E-state index is 0.168. The third-order valence-electron chi connectivity index (χ3n) is 2.77. The first-order valence-corrected chi connectivity index (χ1v) is 6.61. The quantitative estimate of drug-likeness (QED) is 0.777. The van der Waals surface area contributed by atoms with Crippen molar-refractivity contribution in [2.24, 2.45) is 0 Å². The molecule has 0 saturated carbocycles. The van der Waals surface area contributed by atoms with Crippen molar-refractivity contribution in [1.82, 2.24) is 20.3 Å². The van der Waals surface area contributed by atoms with Crippen LogP contribution in [0.2, 0.25) is 5.02 Å². The van der Waals surface area contributed by atoms with Gasteiger partial charge in [0.05, 0.1) is 5.02 Å². The predicted molar refractivity (Wildman–Crippen MR) is 73.7 cm³/mol. The van der Waals surface area contributed by atoms with Crippen LogP contribution < -0.4 is 4.74 Å². The fourth-order valence-corrected chi connectivity index (χ4v) is 2.04. The SMILES string of the molecule is Cc1cc(-c2nc(-c3ccc(OC(F)(F)F)c(Cl)c3)no2)n[nH]1. The minimum atomic E-state index is -4.82. The van der Waals surface area contributed by atoms with Crippen molar-refractivity contribution >= 4 is 11.6 Å². The van der Waals surface area contributed by atoms with Crippen LogP contribution in [0, 0.1) is 6.92 Å². The number of H-pyrrole nitrogens is 1. The number of hydrogen-bond acceptors (Lipinski definition) is 5. The standard InChI is InChI=1S/C13H8ClF3N4O2/c1-6-4-9(20-19-6)12-18-11(21-23-12)7-2-3-10(8(14)5-7)22-13(15,16)17/h2-5H,1H3,(H,19,20). The third kappa shape index (κ3) is 3.45. The van der Waals surface area contributed by atoms with Gasteiger partial charge in [0.15, 0.2) is 5.69 Å². The van der Waals surface area contributed by atoms with Gasteiger partial charge in [0.25, 0.3) is 5.89 Å². The Morgan fingerprint density at radius 3 is 2.65 bits per heavy atom. The second-order valence-corrected chi connectivity index (χ2v) is 4.96. The van der Waals surface area contributed by atoms with Gasteiger partial charge in [-0.05, 0) is 31.2 Å². The van der Waals surface area contributed by atoms with Gasteiger partial charge >= 0.3 is 6.36 Å². The lowest BCUT2D eigenvalue weighted by atomic mass is 10.2. The number of rotatable bonds is 3. The minimum Gasteiger partial charge on any atom is -0.404 e. The maximum absolute atomic E-state index is 12.2. The third-order valence-corrected chi connectivity index (χ3v) is 3.06. The van der Waals surface area contributed by atoms with Crippen LogP contribution in [-0.2, 0) is 0 Å². The van der Waals surface area contributed by atoms with Crippen molar-refractivity contribution in [1.29, 1.82) is 0 Å². The molecule has 23 heavy (non-hydrogen) atoms. The lowest BCUT2D eigenvalue weighted by Gasteiger charge is -2.10. The summed E-state index contributed by atoms with van der Waals surface area (Å²) in [6.07, 6.45) is -4.82. The molecule has 0 radical (unpaired) electrons. The molecule has 2 aromatic heterocycles. The highest BCUT2D eigenvalue weighted by molar-refractivity contribution is 6.32. The van der Waals surface area contributed by atoms with E-state index >= 15 is 0 Å². The molecule has 120 valence electrons. The van der Waals surface area contributed by atoms with E-state index in [0.717, 1.165) is 11.8 Å². The molecule has 10 heteroatoms. The molecule has 0 amide bonds. The number of benzene rings is 1. The molecular formula is C13H8ClF3N4O2. The smallest absolute Gasteiger partial charge is 0.404 e. The molecule has 0 unspecified atom stereocenters. The number of hydrogen-bond donors (Lipinski definition) is 1. The second-order valence-electron chi connectivity index (χ2n) is 4.55. The van der Waals surface area contributed by atoms with Crippen LogP contribution >= 0.6 is 11.6 Å². The number of ether oxygens (including phenoxy) is 1. The Bertz CT molecular complexity index is 844. The van der Waals surface area contributed by atoms with E-state index in [9.17, 15) is 13.2 Å². The van der Waals surface area contributed by atoms with Gasteiger partial charge in [0.2, 0.25) is 5.82 Å². The highest BCUT2D eigenvalue weighted by atomic mass is 35.5. The first-order valence-electron chi connectivity index (χ1n) is 6.23. The van der Waals surface area contributed by atoms with Crippen LogP contribution in [-0.4, -0.2) is 26.7 Å². The van der Waals surface area contributed by atoms with Crippen molar-refractivity contribution in [2.75, 3.05) is 0 Å². The fraction of sp³-hybridized carbons (Fsp3) is 0.154. The number of aromatic amines is 1. The number of aryl methyl sites for hydroxylation is 1. The average Bonchev–Trinajstić information content (AvgIpc) is 3.08. The van der Waals surface area contributed by atoms with E-state index in [1.807, 2.05) is 6.92 Å². The van der Waals surface area contributed by atoms with Crippen LogP contribution in [0.4, 0.5) is 13.2 Å². The molecule has 1 aromatic carbocycles. The van der Waals surface area contributed by atoms with Gasteiger partial charge in [-0.25, -0.2) is 0 Å². The summed E-state index contributed by atoms with van der Waals surface area (Å²) in [4.78, 5) is 4.13. The molecule has 6 nitrogen and oxygen atoms in total. The topological polar surface area (TPSA) is 76.8 Å². The van der Waals surface area contributed by atoms with E-state index in [1.54, 1.807) is 6.07 Å². The summed E-state index contributed by atoms with van der Waals surface area (Å²) >= 11 is 5.78. The van der Waals surface area contributed by atoms with E-state index in [0.29, 0.717) is 11.3 Å². The second kappa shape index (κ2) is 5.58. The number of aromatic nitrogens is 4. The molecule has 3 aromatic rings. The van der Waals surface area contributed by atoms with Gasteiger partial charge in [-0.15, -0.1) is 13.2 Å². The molecule has 3 rings (SSSR count). The van der Waals surface area contributed by atoms with Gasteiger partial charge in [-0.3, -0.25) is 5.10 Å². The van der Waals surface area contributed by atoms with Crippen molar-refractivity contribution in [3.05, 3.63) is 35.0 Å². The first-order chi connectivity index (χ1) is 10.8. The molecule has 1 N–H and O–H groups in total. The van der Waals surface area contributed by atoms with Crippen molar-refractivity contribution in [2.45, 2.75) is 13.3 Å². The van der Waals surface area contributed by atoms with Crippen LogP contribution in [0.3, 0.4) is 0 Å². The van der Waals surface area contributed by atoms with E-state index in [1.165, 1.54) is 12.1 Å². The summed E-state index contributed by atoms with van der Waals surface area (Å²) in [6.45, 7) is 1.81. The van der Waals surface area contributed by atoms with Crippen LogP contribution in [0.25, 0.3) is 23.0 Å². The molecule has 0 atom stereocenters. The number of nitrogens with zero attached hydrogens (tertiary/aromatic N) is 3. The fourth-order valence-electron chi connectivity index (χ4n) is 1.82. The summed E-state index contributed by atoms with van der Waals surface area (Å²) in [6, 6.07) is 5.40. The van der Waals surface area contributed by atoms with E-state index in [4.69, 9.17) is 16.1 Å². The Balaban J connectivity index is 1.88. The number of nitrogens with one attached hydrogen (secondary N) is 1. The van der Waals surface area contributed by atoms with Crippen LogP contribution in [0.1, 0.15) is 5.69 Å². The largest absolute Gasteiger partial charge is 0.573 e. The monoisotopic (exact) mass is 344 g/mol. The molecule has 0 aliphatic heterocycles. The Labute approximate surface area is 132 Å². The molecule has 2 heterocycles. The normalized spacial score (nSPS) is 11.7. The van der Waals surface area contributed by atoms with Crippen molar-refractivity contribution in [3.63, 3.8) is 0 Å². The first kappa shape index (κ1) is 15.3. The lowest BCUT2D eigenvalue weighted by molar-refractivity contribution is -0.274. The maximum atomic E-state index is 12.2. The average molecular weight is 345 g/mol. The molecule has 0 bridgehead atoms. The number of halogens is 4. The Hall–Kier alpha value is -2.55. The molecule has 0 aliphatic carbocycles. The zero-order valence-corrected chi connectivity index (χ0v) is 12.2. The molecule has 0 fully saturated rings. The van der Waals surface area contributed by atoms with Gasteiger partial charge in [-0.1, -0.05) is 16.8 Å². The summed E-state index contributed by atoms with van der Waals surface area (Å²) < 4.78 is 45.5. The van der Waals surface area contributed by atoms with Gasteiger partial charge < -0.3 is 9.26 Å². The highest BCUT2D eigenvalue weighted by Gasteiger charge is 2.32.